The number of esters is 1. The average molecular weight is 578 g/mol. The molecule has 41 heavy (non-hydrogen) atoms. The summed E-state index contributed by atoms with van der Waals surface area (Å²) in [6.45, 7) is 2.61. The number of amides is 1. The summed E-state index contributed by atoms with van der Waals surface area (Å²) in [5.74, 6) is -2.96. The van der Waals surface area contributed by atoms with Crippen LogP contribution in [0.1, 0.15) is 42.0 Å². The number of hydrogen-bond acceptors (Lipinski definition) is 5. The van der Waals surface area contributed by atoms with Gasteiger partial charge in [-0.15, -0.1) is 0 Å². The summed E-state index contributed by atoms with van der Waals surface area (Å²) >= 11 is 0. The van der Waals surface area contributed by atoms with Crippen molar-refractivity contribution in [2.75, 3.05) is 11.9 Å². The molecule has 0 heterocycles. The molecule has 6 nitrogen and oxygen atoms in total. The van der Waals surface area contributed by atoms with Gasteiger partial charge in [-0.05, 0) is 59.9 Å². The van der Waals surface area contributed by atoms with Gasteiger partial charge in [0.1, 0.15) is 17.7 Å². The van der Waals surface area contributed by atoms with E-state index in [-0.39, 0.29) is 37.1 Å². The zero-order valence-electron chi connectivity index (χ0n) is 22.4. The van der Waals surface area contributed by atoms with Crippen LogP contribution in [0.4, 0.5) is 27.6 Å². The van der Waals surface area contributed by atoms with E-state index in [0.29, 0.717) is 6.54 Å². The highest BCUT2D eigenvalue weighted by molar-refractivity contribution is 5.92. The molecule has 0 aliphatic carbocycles. The minimum absolute atomic E-state index is 0.00958. The van der Waals surface area contributed by atoms with Gasteiger partial charge in [-0.25, -0.2) is 8.78 Å². The Morgan fingerprint density at radius 3 is 2.27 bits per heavy atom. The summed E-state index contributed by atoms with van der Waals surface area (Å²) in [5, 5.41) is 5.52. The molecule has 0 aliphatic heterocycles. The molecule has 1 amide bonds. The van der Waals surface area contributed by atoms with Gasteiger partial charge in [-0.2, -0.15) is 13.2 Å². The van der Waals surface area contributed by atoms with Crippen LogP contribution in [0.5, 0.6) is 0 Å². The van der Waals surface area contributed by atoms with Gasteiger partial charge in [0.25, 0.3) is 0 Å². The highest BCUT2D eigenvalue weighted by Crippen LogP contribution is 2.30. The van der Waals surface area contributed by atoms with Crippen molar-refractivity contribution in [1.82, 2.24) is 5.32 Å². The number of aryl methyl sites for hydroxylation is 1. The zero-order chi connectivity index (χ0) is 30.0. The predicted octanol–water partition coefficient (Wildman–Crippen LogP) is 5.54. The first kappa shape index (κ1) is 31.7. The summed E-state index contributed by atoms with van der Waals surface area (Å²) in [6, 6.07) is 14.2. The summed E-state index contributed by atoms with van der Waals surface area (Å²) in [5.41, 5.74) is 7.76. The normalized spacial score (nSPS) is 13.0. The van der Waals surface area contributed by atoms with Crippen molar-refractivity contribution in [2.24, 2.45) is 5.73 Å². The Labute approximate surface area is 235 Å². The number of nitrogens with two attached hydrogens (primary N) is 1. The van der Waals surface area contributed by atoms with Crippen LogP contribution in [0.15, 0.2) is 66.7 Å². The molecule has 0 saturated heterocycles. The maximum absolute atomic E-state index is 13.7. The number of hydrogen-bond donors (Lipinski definition) is 3. The van der Waals surface area contributed by atoms with Gasteiger partial charge in [-0.1, -0.05) is 37.3 Å². The van der Waals surface area contributed by atoms with E-state index in [1.54, 1.807) is 0 Å². The van der Waals surface area contributed by atoms with Crippen LogP contribution in [0.3, 0.4) is 0 Å². The van der Waals surface area contributed by atoms with Crippen LogP contribution < -0.4 is 16.4 Å². The summed E-state index contributed by atoms with van der Waals surface area (Å²) in [6.07, 6.45) is -5.30. The third kappa shape index (κ3) is 10.6. The fraction of sp³-hybridized carbons (Fsp3) is 0.333. The zero-order valence-corrected chi connectivity index (χ0v) is 22.4. The van der Waals surface area contributed by atoms with E-state index >= 15 is 0 Å². The molecule has 0 spiro atoms. The van der Waals surface area contributed by atoms with Crippen LogP contribution in [0.2, 0.25) is 0 Å². The molecule has 0 saturated carbocycles. The van der Waals surface area contributed by atoms with Crippen LogP contribution >= 0.6 is 0 Å². The Hall–Kier alpha value is -3.83. The van der Waals surface area contributed by atoms with Crippen molar-refractivity contribution in [1.29, 1.82) is 0 Å². The van der Waals surface area contributed by atoms with E-state index in [0.717, 1.165) is 53.9 Å². The molecule has 11 heteroatoms. The van der Waals surface area contributed by atoms with Gasteiger partial charge < -0.3 is 21.1 Å². The predicted molar refractivity (Wildman–Crippen MR) is 145 cm³/mol. The average Bonchev–Trinajstić information content (AvgIpc) is 2.90. The lowest BCUT2D eigenvalue weighted by Gasteiger charge is -2.25. The third-order valence-electron chi connectivity index (χ3n) is 6.26. The molecule has 220 valence electrons. The van der Waals surface area contributed by atoms with Gasteiger partial charge >= 0.3 is 12.1 Å². The van der Waals surface area contributed by atoms with E-state index in [4.69, 9.17) is 10.5 Å². The molecule has 4 N–H and O–H groups in total. The molecule has 0 fully saturated rings. The van der Waals surface area contributed by atoms with Crippen LogP contribution in [-0.2, 0) is 39.9 Å². The Bertz CT molecular complexity index is 1310. The van der Waals surface area contributed by atoms with E-state index in [1.165, 1.54) is 6.07 Å². The van der Waals surface area contributed by atoms with Crippen molar-refractivity contribution >= 4 is 17.6 Å². The molecule has 2 atom stereocenters. The number of alkyl halides is 3. The number of carbonyl (C=O) groups excluding carboxylic acids is 2. The van der Waals surface area contributed by atoms with E-state index in [1.807, 2.05) is 31.2 Å². The molecule has 0 unspecified atom stereocenters. The molecule has 0 aromatic heterocycles. The monoisotopic (exact) mass is 577 g/mol. The molecule has 0 aliphatic rings. The van der Waals surface area contributed by atoms with Crippen molar-refractivity contribution < 1.29 is 36.3 Å². The minimum Gasteiger partial charge on any atom is -0.459 e. The molecule has 0 bridgehead atoms. The molecule has 0 radical (unpaired) electrons. The lowest BCUT2D eigenvalue weighted by Crippen LogP contribution is -2.46. The number of carbonyl (C=O) groups is 2. The van der Waals surface area contributed by atoms with Crippen LogP contribution in [-0.4, -0.2) is 30.6 Å². The molecular weight excluding hydrogens is 545 g/mol. The second-order valence-corrected chi connectivity index (χ2v) is 9.61. The SMILES string of the molecule is CCc1cccc(CNC[C@@H](OC(=O)CCC(=O)Nc2cccc(C(F)(F)F)c2)[C@@H](N)Cc2cc(F)cc(F)c2)c1. The lowest BCUT2D eigenvalue weighted by molar-refractivity contribution is -0.150. The van der Waals surface area contributed by atoms with Crippen molar-refractivity contribution in [3.05, 3.63) is 101 Å². The number of anilines is 1. The smallest absolute Gasteiger partial charge is 0.416 e. The van der Waals surface area contributed by atoms with E-state index in [9.17, 15) is 31.5 Å². The number of rotatable bonds is 13. The quantitative estimate of drug-likeness (QED) is 0.183. The van der Waals surface area contributed by atoms with Crippen molar-refractivity contribution in [3.63, 3.8) is 0 Å². The largest absolute Gasteiger partial charge is 0.459 e. The van der Waals surface area contributed by atoms with Crippen LogP contribution in [0, 0.1) is 11.6 Å². The summed E-state index contributed by atoms with van der Waals surface area (Å²) < 4.78 is 71.7. The minimum atomic E-state index is -4.57. The second-order valence-electron chi connectivity index (χ2n) is 9.61. The molecule has 3 aromatic rings. The Morgan fingerprint density at radius 2 is 1.59 bits per heavy atom. The van der Waals surface area contributed by atoms with Crippen molar-refractivity contribution in [3.8, 4) is 0 Å². The van der Waals surface area contributed by atoms with Gasteiger partial charge in [-0.3, -0.25) is 9.59 Å². The summed E-state index contributed by atoms with van der Waals surface area (Å²) in [7, 11) is 0. The first-order chi connectivity index (χ1) is 19.4. The molecule has 3 aromatic carbocycles. The number of nitrogens with one attached hydrogen (secondary N) is 2. The lowest BCUT2D eigenvalue weighted by atomic mass is 10.0. The second kappa shape index (κ2) is 14.7. The maximum Gasteiger partial charge on any atom is 0.416 e. The number of ether oxygens (including phenoxy) is 1. The standard InChI is InChI=1S/C30H32F5N3O3/c1-2-19-5-3-6-20(11-19)17-37-18-27(26(36)14-21-12-23(31)16-24(32)13-21)41-29(40)10-9-28(39)38-25-8-4-7-22(15-25)30(33,34)35/h3-8,11-13,15-16,26-27,37H,2,9-10,14,17-18,36H2,1H3,(H,38,39)/t26-,27+/m0/s1. The third-order valence-corrected chi connectivity index (χ3v) is 6.26. The highest BCUT2D eigenvalue weighted by Gasteiger charge is 2.30. The Balaban J connectivity index is 1.60. The Kier molecular flexibility index (Phi) is 11.4. The first-order valence-electron chi connectivity index (χ1n) is 13.1. The summed E-state index contributed by atoms with van der Waals surface area (Å²) in [4.78, 5) is 24.9. The van der Waals surface area contributed by atoms with Gasteiger partial charge in [0.05, 0.1) is 12.0 Å². The van der Waals surface area contributed by atoms with E-state index in [2.05, 4.69) is 10.6 Å². The Morgan fingerprint density at radius 1 is 0.902 bits per heavy atom. The fourth-order valence-electron chi connectivity index (χ4n) is 4.17. The van der Waals surface area contributed by atoms with Crippen LogP contribution in [0.25, 0.3) is 0 Å². The topological polar surface area (TPSA) is 93.4 Å². The number of benzene rings is 3. The van der Waals surface area contributed by atoms with Gasteiger partial charge in [0, 0.05) is 37.3 Å². The maximum atomic E-state index is 13.7. The van der Waals surface area contributed by atoms with E-state index < -0.39 is 47.4 Å². The molecular formula is C30H32F5N3O3. The van der Waals surface area contributed by atoms with Crippen molar-refractivity contribution in [2.45, 2.75) is 57.5 Å². The highest BCUT2D eigenvalue weighted by atomic mass is 19.4. The van der Waals surface area contributed by atoms with Gasteiger partial charge in [0.2, 0.25) is 5.91 Å². The molecule has 3 rings (SSSR count). The van der Waals surface area contributed by atoms with Gasteiger partial charge in [0.15, 0.2) is 0 Å². The fourth-order valence-corrected chi connectivity index (χ4v) is 4.17. The number of halogens is 5. The first-order valence-corrected chi connectivity index (χ1v) is 13.1.